The number of aliphatic imine (C=N–C) groups is 1. The minimum atomic E-state index is -0.344. The van der Waals surface area contributed by atoms with Gasteiger partial charge < -0.3 is 10.6 Å². The lowest BCUT2D eigenvalue weighted by Crippen LogP contribution is -2.39. The van der Waals surface area contributed by atoms with Crippen molar-refractivity contribution in [3.8, 4) is 21.8 Å². The van der Waals surface area contributed by atoms with Crippen LogP contribution in [0.2, 0.25) is 5.02 Å². The van der Waals surface area contributed by atoms with Crippen LogP contribution < -0.4 is 16.0 Å². The molecule has 2 aliphatic rings. The van der Waals surface area contributed by atoms with Crippen LogP contribution in [0.25, 0.3) is 21.8 Å². The molecule has 3 aromatic rings. The molecule has 0 fully saturated rings. The van der Waals surface area contributed by atoms with Crippen LogP contribution in [0.4, 0.5) is 4.79 Å². The Morgan fingerprint density at radius 3 is 2.44 bits per heavy atom. The Balaban J connectivity index is 1.18. The number of hydrogen-bond donors (Lipinski definition) is 3. The van der Waals surface area contributed by atoms with Crippen LogP contribution in [-0.2, 0) is 11.2 Å². The molecule has 2 aromatic carbocycles. The van der Waals surface area contributed by atoms with Crippen LogP contribution in [0, 0.1) is 5.41 Å². The Morgan fingerprint density at radius 1 is 1.02 bits per heavy atom. The predicted octanol–water partition coefficient (Wildman–Crippen LogP) is 6.69. The van der Waals surface area contributed by atoms with Crippen LogP contribution in [0.15, 0.2) is 95.2 Å². The number of thiazole rings is 1. The first kappa shape index (κ1) is 28.5. The first-order valence-electron chi connectivity index (χ1n) is 13.5. The van der Waals surface area contributed by atoms with E-state index >= 15 is 0 Å². The fraction of sp³-hybridized carbons (Fsp3) is 0.250. The van der Waals surface area contributed by atoms with Crippen molar-refractivity contribution in [1.82, 2.24) is 20.9 Å². The van der Waals surface area contributed by atoms with E-state index in [2.05, 4.69) is 41.7 Å². The SMILES string of the molecule is CC(C)(C)C1=CC(NC(=O)NC2=CCC(NC(=O)Cc3sc(-c4ccc(Cl)cc4)nc3-c3ccccc3)C=C2)=NC1. The average Bonchev–Trinajstić information content (AvgIpc) is 3.58. The monoisotopic (exact) mass is 585 g/mol. The first-order valence-corrected chi connectivity index (χ1v) is 14.7. The molecule has 3 amide bonds. The standard InChI is InChI=1S/C32H32ClN5O2S/c1-32(2,3)22-17-27(34-19-22)37-31(40)36-25-15-13-24(14-16-25)35-28(39)18-26-29(20-7-5-4-6-8-20)38-30(41-26)21-9-11-23(33)12-10-21/h4-13,15-17,24H,14,18-19H2,1-3H3,(H,35,39)(H2,34,36,37,40). The Morgan fingerprint density at radius 2 is 1.78 bits per heavy atom. The van der Waals surface area contributed by atoms with Crippen LogP contribution in [0.3, 0.4) is 0 Å². The molecule has 210 valence electrons. The summed E-state index contributed by atoms with van der Waals surface area (Å²) in [6, 6.07) is 16.9. The highest BCUT2D eigenvalue weighted by Gasteiger charge is 2.22. The van der Waals surface area contributed by atoms with Crippen molar-refractivity contribution >= 4 is 40.7 Å². The van der Waals surface area contributed by atoms with Gasteiger partial charge in [-0.2, -0.15) is 0 Å². The highest BCUT2D eigenvalue weighted by molar-refractivity contribution is 7.15. The van der Waals surface area contributed by atoms with Gasteiger partial charge in [0.25, 0.3) is 0 Å². The zero-order valence-corrected chi connectivity index (χ0v) is 24.8. The van der Waals surface area contributed by atoms with Crippen molar-refractivity contribution in [1.29, 1.82) is 0 Å². The van der Waals surface area contributed by atoms with Gasteiger partial charge in [-0.1, -0.05) is 87.0 Å². The van der Waals surface area contributed by atoms with Crippen molar-refractivity contribution in [2.24, 2.45) is 10.4 Å². The predicted molar refractivity (Wildman–Crippen MR) is 167 cm³/mol. The highest BCUT2D eigenvalue weighted by atomic mass is 35.5. The zero-order valence-electron chi connectivity index (χ0n) is 23.2. The fourth-order valence-electron chi connectivity index (χ4n) is 4.47. The summed E-state index contributed by atoms with van der Waals surface area (Å²) >= 11 is 7.58. The van der Waals surface area contributed by atoms with E-state index in [1.165, 1.54) is 16.9 Å². The number of allylic oxidation sites excluding steroid dienone is 1. The van der Waals surface area contributed by atoms with Crippen molar-refractivity contribution < 1.29 is 9.59 Å². The van der Waals surface area contributed by atoms with E-state index in [4.69, 9.17) is 16.6 Å². The van der Waals surface area contributed by atoms with E-state index in [1.807, 2.05) is 78.9 Å². The van der Waals surface area contributed by atoms with Gasteiger partial charge in [0.2, 0.25) is 5.91 Å². The van der Waals surface area contributed by atoms with E-state index < -0.39 is 0 Å². The van der Waals surface area contributed by atoms with Crippen LogP contribution in [0.1, 0.15) is 32.1 Å². The Bertz CT molecular complexity index is 1560. The Hall–Kier alpha value is -4.01. The molecule has 9 heteroatoms. The van der Waals surface area contributed by atoms with Gasteiger partial charge in [0.05, 0.1) is 24.7 Å². The van der Waals surface area contributed by atoms with Crippen LogP contribution >= 0.6 is 22.9 Å². The number of urea groups is 1. The summed E-state index contributed by atoms with van der Waals surface area (Å²) < 4.78 is 0. The second kappa shape index (κ2) is 12.2. The van der Waals surface area contributed by atoms with Gasteiger partial charge in [-0.05, 0) is 41.7 Å². The number of benzene rings is 2. The van der Waals surface area contributed by atoms with Crippen LogP contribution in [-0.4, -0.2) is 35.3 Å². The van der Waals surface area contributed by atoms with Gasteiger partial charge in [-0.25, -0.2) is 9.78 Å². The Kier molecular flexibility index (Phi) is 8.52. The van der Waals surface area contributed by atoms with Gasteiger partial charge in [0.1, 0.15) is 10.8 Å². The first-order chi connectivity index (χ1) is 19.6. The molecule has 2 heterocycles. The van der Waals surface area contributed by atoms with Gasteiger partial charge >= 0.3 is 6.03 Å². The maximum absolute atomic E-state index is 13.1. The summed E-state index contributed by atoms with van der Waals surface area (Å²) in [6.07, 6.45) is 8.31. The molecule has 0 saturated heterocycles. The van der Waals surface area contributed by atoms with Crippen LogP contribution in [0.5, 0.6) is 0 Å². The summed E-state index contributed by atoms with van der Waals surface area (Å²) in [6.45, 7) is 6.98. The number of carbonyl (C=O) groups is 2. The second-order valence-corrected chi connectivity index (χ2v) is 12.5. The molecule has 7 nitrogen and oxygen atoms in total. The van der Waals surface area contributed by atoms with E-state index in [0.717, 1.165) is 26.7 Å². The molecule has 41 heavy (non-hydrogen) atoms. The quantitative estimate of drug-likeness (QED) is 0.301. The van der Waals surface area contributed by atoms with Crippen molar-refractivity contribution in [2.75, 3.05) is 6.54 Å². The third-order valence-electron chi connectivity index (χ3n) is 6.80. The lowest BCUT2D eigenvalue weighted by atomic mass is 9.87. The van der Waals surface area contributed by atoms with Crippen molar-refractivity contribution in [3.63, 3.8) is 0 Å². The maximum Gasteiger partial charge on any atom is 0.324 e. The molecule has 1 atom stereocenters. The minimum absolute atomic E-state index is 0.0135. The molecule has 0 spiro atoms. The summed E-state index contributed by atoms with van der Waals surface area (Å²) in [5, 5.41) is 10.2. The van der Waals surface area contributed by atoms with Gasteiger partial charge in [0.15, 0.2) is 0 Å². The number of amidine groups is 1. The number of rotatable bonds is 6. The number of halogens is 1. The largest absolute Gasteiger partial charge is 0.349 e. The summed E-state index contributed by atoms with van der Waals surface area (Å²) in [4.78, 5) is 35.8. The fourth-order valence-corrected chi connectivity index (χ4v) is 5.68. The number of carbonyl (C=O) groups excluding carboxylic acids is 2. The summed E-state index contributed by atoms with van der Waals surface area (Å²) in [7, 11) is 0. The topological polar surface area (TPSA) is 95.5 Å². The molecule has 0 saturated carbocycles. The summed E-state index contributed by atoms with van der Waals surface area (Å²) in [5.74, 6) is 0.474. The normalized spacial score (nSPS) is 16.5. The minimum Gasteiger partial charge on any atom is -0.349 e. The molecule has 1 aliphatic carbocycles. The molecule has 1 aliphatic heterocycles. The Labute approximate surface area is 249 Å². The number of nitrogens with zero attached hydrogens (tertiary/aromatic N) is 2. The van der Waals surface area contributed by atoms with Crippen molar-refractivity contribution in [2.45, 2.75) is 39.7 Å². The third-order valence-corrected chi connectivity index (χ3v) is 8.15. The van der Waals surface area contributed by atoms with Gasteiger partial charge in [0, 0.05) is 26.7 Å². The lowest BCUT2D eigenvalue weighted by molar-refractivity contribution is -0.120. The zero-order chi connectivity index (χ0) is 29.0. The molecular weight excluding hydrogens is 554 g/mol. The maximum atomic E-state index is 13.1. The molecule has 0 bridgehead atoms. The molecule has 1 aromatic heterocycles. The average molecular weight is 586 g/mol. The molecule has 1 unspecified atom stereocenters. The molecule has 3 N–H and O–H groups in total. The second-order valence-electron chi connectivity index (χ2n) is 11.0. The number of nitrogens with one attached hydrogen (secondary N) is 3. The number of amides is 3. The number of aromatic nitrogens is 1. The van der Waals surface area contributed by atoms with Gasteiger partial charge in [-0.15, -0.1) is 11.3 Å². The third kappa shape index (κ3) is 7.39. The van der Waals surface area contributed by atoms with Gasteiger partial charge in [-0.3, -0.25) is 15.1 Å². The highest BCUT2D eigenvalue weighted by Crippen LogP contribution is 2.35. The van der Waals surface area contributed by atoms with E-state index in [1.54, 1.807) is 0 Å². The van der Waals surface area contributed by atoms with E-state index in [0.29, 0.717) is 29.5 Å². The summed E-state index contributed by atoms with van der Waals surface area (Å²) in [5.41, 5.74) is 4.60. The molecular formula is C32H32ClN5O2S. The van der Waals surface area contributed by atoms with E-state index in [9.17, 15) is 9.59 Å². The van der Waals surface area contributed by atoms with E-state index in [-0.39, 0.29) is 29.8 Å². The number of hydrogen-bond acceptors (Lipinski definition) is 5. The molecule has 0 radical (unpaired) electrons. The lowest BCUT2D eigenvalue weighted by Gasteiger charge is -2.19. The smallest absolute Gasteiger partial charge is 0.324 e. The molecule has 5 rings (SSSR count). The van der Waals surface area contributed by atoms with Crippen molar-refractivity contribution in [3.05, 3.63) is 100 Å².